The number of aliphatic hydroxyl groups excluding tert-OH is 1. The maximum Gasteiger partial charge on any atom is 0.245 e. The monoisotopic (exact) mass is 356 g/mol. The predicted molar refractivity (Wildman–Crippen MR) is 93.6 cm³/mol. The minimum atomic E-state index is -1.000. The standard InChI is InChI=1S/C19H20N2O5/c22-11-15(19(24)20-10-13-4-2-1-3-5-13)21-18(23)9-14-6-7-16-17(8-14)26-12-25-16/h1-8,15,22H,9-12H2,(H,20,24)(H,21,23). The molecule has 2 aromatic carbocycles. The second kappa shape index (κ2) is 8.35. The Morgan fingerprint density at radius 3 is 2.58 bits per heavy atom. The Labute approximate surface area is 150 Å². The van der Waals surface area contributed by atoms with Crippen LogP contribution in [0.1, 0.15) is 11.1 Å². The molecule has 0 fully saturated rings. The van der Waals surface area contributed by atoms with Crippen LogP contribution in [0.15, 0.2) is 48.5 Å². The second-order valence-electron chi connectivity index (χ2n) is 5.87. The summed E-state index contributed by atoms with van der Waals surface area (Å²) in [6.45, 7) is 0.0147. The van der Waals surface area contributed by atoms with E-state index in [9.17, 15) is 14.7 Å². The summed E-state index contributed by atoms with van der Waals surface area (Å²) in [4.78, 5) is 24.4. The van der Waals surface area contributed by atoms with E-state index in [-0.39, 0.29) is 19.1 Å². The van der Waals surface area contributed by atoms with Crippen molar-refractivity contribution in [3.63, 3.8) is 0 Å². The molecule has 1 aliphatic rings. The highest BCUT2D eigenvalue weighted by Gasteiger charge is 2.20. The molecule has 1 heterocycles. The average Bonchev–Trinajstić information content (AvgIpc) is 3.12. The fraction of sp³-hybridized carbons (Fsp3) is 0.263. The summed E-state index contributed by atoms with van der Waals surface area (Å²) in [5.74, 6) is 0.436. The lowest BCUT2D eigenvalue weighted by Gasteiger charge is -2.16. The van der Waals surface area contributed by atoms with E-state index in [2.05, 4.69) is 10.6 Å². The number of aliphatic hydroxyl groups is 1. The van der Waals surface area contributed by atoms with Crippen molar-refractivity contribution in [3.05, 3.63) is 59.7 Å². The molecule has 0 aromatic heterocycles. The Morgan fingerprint density at radius 1 is 1.04 bits per heavy atom. The van der Waals surface area contributed by atoms with Gasteiger partial charge in [0.25, 0.3) is 0 Å². The quantitative estimate of drug-likeness (QED) is 0.680. The number of carbonyl (C=O) groups is 2. The molecule has 136 valence electrons. The molecule has 3 rings (SSSR count). The van der Waals surface area contributed by atoms with E-state index in [1.807, 2.05) is 30.3 Å². The van der Waals surface area contributed by atoms with E-state index in [1.165, 1.54) is 0 Å². The molecule has 0 saturated carbocycles. The number of ether oxygens (including phenoxy) is 2. The molecule has 2 amide bonds. The van der Waals surface area contributed by atoms with Crippen LogP contribution in [0, 0.1) is 0 Å². The number of benzene rings is 2. The minimum Gasteiger partial charge on any atom is -0.454 e. The highest BCUT2D eigenvalue weighted by atomic mass is 16.7. The van der Waals surface area contributed by atoms with E-state index >= 15 is 0 Å². The largest absolute Gasteiger partial charge is 0.454 e. The lowest BCUT2D eigenvalue weighted by molar-refractivity contribution is -0.129. The third-order valence-corrected chi connectivity index (χ3v) is 3.95. The van der Waals surface area contributed by atoms with Gasteiger partial charge in [-0.3, -0.25) is 9.59 Å². The van der Waals surface area contributed by atoms with Gasteiger partial charge in [0.2, 0.25) is 18.6 Å². The maximum atomic E-state index is 12.2. The van der Waals surface area contributed by atoms with Crippen molar-refractivity contribution in [1.82, 2.24) is 10.6 Å². The zero-order chi connectivity index (χ0) is 18.4. The Kier molecular flexibility index (Phi) is 5.70. The lowest BCUT2D eigenvalue weighted by atomic mass is 10.1. The van der Waals surface area contributed by atoms with Crippen LogP contribution >= 0.6 is 0 Å². The molecule has 0 saturated heterocycles. The van der Waals surface area contributed by atoms with Gasteiger partial charge in [-0.15, -0.1) is 0 Å². The molecule has 7 nitrogen and oxygen atoms in total. The van der Waals surface area contributed by atoms with Crippen molar-refractivity contribution in [3.8, 4) is 11.5 Å². The Hall–Kier alpha value is -3.06. The average molecular weight is 356 g/mol. The molecule has 1 atom stereocenters. The number of rotatable bonds is 7. The van der Waals surface area contributed by atoms with Crippen LogP contribution in [0.25, 0.3) is 0 Å². The number of amides is 2. The molecular weight excluding hydrogens is 336 g/mol. The molecule has 2 aromatic rings. The number of nitrogens with one attached hydrogen (secondary N) is 2. The normalized spacial score (nSPS) is 13.1. The van der Waals surface area contributed by atoms with Gasteiger partial charge in [-0.05, 0) is 23.3 Å². The molecule has 0 bridgehead atoms. The van der Waals surface area contributed by atoms with Crippen LogP contribution in [0.3, 0.4) is 0 Å². The van der Waals surface area contributed by atoms with Crippen LogP contribution in [0.5, 0.6) is 11.5 Å². The Balaban J connectivity index is 1.52. The third kappa shape index (κ3) is 4.52. The summed E-state index contributed by atoms with van der Waals surface area (Å²) in [6.07, 6.45) is 0.0686. The van der Waals surface area contributed by atoms with Gasteiger partial charge in [-0.25, -0.2) is 0 Å². The van der Waals surface area contributed by atoms with E-state index < -0.39 is 18.6 Å². The van der Waals surface area contributed by atoms with Crippen LogP contribution in [0.2, 0.25) is 0 Å². The van der Waals surface area contributed by atoms with Gasteiger partial charge in [0.15, 0.2) is 11.5 Å². The van der Waals surface area contributed by atoms with Gasteiger partial charge in [0.05, 0.1) is 13.0 Å². The van der Waals surface area contributed by atoms with Gasteiger partial charge in [-0.2, -0.15) is 0 Å². The molecule has 0 aliphatic carbocycles. The molecule has 26 heavy (non-hydrogen) atoms. The predicted octanol–water partition coefficient (Wildman–Crippen LogP) is 0.751. The maximum absolute atomic E-state index is 12.2. The number of fused-ring (bicyclic) bond motifs is 1. The SMILES string of the molecule is O=C(Cc1ccc2c(c1)OCO2)NC(CO)C(=O)NCc1ccccc1. The molecular formula is C19H20N2O5. The Morgan fingerprint density at radius 2 is 1.81 bits per heavy atom. The fourth-order valence-corrected chi connectivity index (χ4v) is 2.58. The summed E-state index contributed by atoms with van der Waals surface area (Å²) in [6, 6.07) is 13.6. The first-order chi connectivity index (χ1) is 12.7. The van der Waals surface area contributed by atoms with Gasteiger partial charge in [0, 0.05) is 6.54 Å². The minimum absolute atomic E-state index is 0.0686. The summed E-state index contributed by atoms with van der Waals surface area (Å²) in [5.41, 5.74) is 1.66. The number of hydrogen-bond acceptors (Lipinski definition) is 5. The van der Waals surface area contributed by atoms with E-state index in [0.29, 0.717) is 18.0 Å². The van der Waals surface area contributed by atoms with Gasteiger partial charge < -0.3 is 25.2 Å². The first-order valence-corrected chi connectivity index (χ1v) is 8.26. The fourth-order valence-electron chi connectivity index (χ4n) is 2.58. The zero-order valence-corrected chi connectivity index (χ0v) is 14.1. The van der Waals surface area contributed by atoms with E-state index in [1.54, 1.807) is 18.2 Å². The van der Waals surface area contributed by atoms with Crippen molar-refractivity contribution in [2.24, 2.45) is 0 Å². The van der Waals surface area contributed by atoms with Crippen LogP contribution in [-0.4, -0.2) is 36.4 Å². The van der Waals surface area contributed by atoms with E-state index in [0.717, 1.165) is 11.1 Å². The van der Waals surface area contributed by atoms with Gasteiger partial charge in [0.1, 0.15) is 6.04 Å². The van der Waals surface area contributed by atoms with Crippen molar-refractivity contribution in [2.45, 2.75) is 19.0 Å². The molecule has 1 aliphatic heterocycles. The van der Waals surface area contributed by atoms with Crippen molar-refractivity contribution in [1.29, 1.82) is 0 Å². The highest BCUT2D eigenvalue weighted by molar-refractivity contribution is 5.88. The topological polar surface area (TPSA) is 96.9 Å². The van der Waals surface area contributed by atoms with E-state index in [4.69, 9.17) is 9.47 Å². The Bertz CT molecular complexity index is 779. The number of carbonyl (C=O) groups excluding carboxylic acids is 2. The number of hydrogen-bond donors (Lipinski definition) is 3. The summed E-state index contributed by atoms with van der Waals surface area (Å²) in [5, 5.41) is 14.7. The van der Waals surface area contributed by atoms with Crippen LogP contribution < -0.4 is 20.1 Å². The van der Waals surface area contributed by atoms with Gasteiger partial charge in [-0.1, -0.05) is 36.4 Å². The summed E-state index contributed by atoms with van der Waals surface area (Å²) >= 11 is 0. The molecule has 0 radical (unpaired) electrons. The summed E-state index contributed by atoms with van der Waals surface area (Å²) in [7, 11) is 0. The summed E-state index contributed by atoms with van der Waals surface area (Å²) < 4.78 is 10.5. The van der Waals surface area contributed by atoms with Crippen molar-refractivity contribution in [2.75, 3.05) is 13.4 Å². The first-order valence-electron chi connectivity index (χ1n) is 8.26. The molecule has 1 unspecified atom stereocenters. The molecule has 0 spiro atoms. The van der Waals surface area contributed by atoms with Crippen molar-refractivity contribution >= 4 is 11.8 Å². The third-order valence-electron chi connectivity index (χ3n) is 3.95. The van der Waals surface area contributed by atoms with Crippen LogP contribution in [0.4, 0.5) is 0 Å². The molecule has 3 N–H and O–H groups in total. The molecule has 7 heteroatoms. The van der Waals surface area contributed by atoms with Crippen LogP contribution in [-0.2, 0) is 22.6 Å². The second-order valence-corrected chi connectivity index (χ2v) is 5.87. The van der Waals surface area contributed by atoms with Gasteiger partial charge >= 0.3 is 0 Å². The lowest BCUT2D eigenvalue weighted by Crippen LogP contribution is -2.49. The highest BCUT2D eigenvalue weighted by Crippen LogP contribution is 2.32. The smallest absolute Gasteiger partial charge is 0.245 e. The zero-order valence-electron chi connectivity index (χ0n) is 14.1. The van der Waals surface area contributed by atoms with Crippen molar-refractivity contribution < 1.29 is 24.2 Å². The first kappa shape index (κ1) is 17.8.